The molecule has 0 radical (unpaired) electrons. The first kappa shape index (κ1) is 19.7. The second-order valence-corrected chi connectivity index (χ2v) is 7.17. The van der Waals surface area contributed by atoms with Gasteiger partial charge in [0.1, 0.15) is 5.69 Å². The summed E-state index contributed by atoms with van der Waals surface area (Å²) in [6.45, 7) is 3.60. The number of carbonyl (C=O) groups excluding carboxylic acids is 1. The maximum Gasteiger partial charge on any atom is 0.354 e. The van der Waals surface area contributed by atoms with Crippen LogP contribution < -0.4 is 0 Å². The van der Waals surface area contributed by atoms with Crippen LogP contribution in [0.25, 0.3) is 0 Å². The summed E-state index contributed by atoms with van der Waals surface area (Å²) in [6, 6.07) is 6.89. The van der Waals surface area contributed by atoms with Gasteiger partial charge in [-0.05, 0) is 18.2 Å². The summed E-state index contributed by atoms with van der Waals surface area (Å²) in [5.41, 5.74) is 0.990. The highest BCUT2D eigenvalue weighted by molar-refractivity contribution is 6.35. The van der Waals surface area contributed by atoms with Crippen molar-refractivity contribution in [1.29, 1.82) is 0 Å². The third kappa shape index (κ3) is 4.80. The van der Waals surface area contributed by atoms with Crippen molar-refractivity contribution in [3.8, 4) is 0 Å². The van der Waals surface area contributed by atoms with E-state index in [1.807, 2.05) is 18.2 Å². The first-order valence-electron chi connectivity index (χ1n) is 8.64. The van der Waals surface area contributed by atoms with Crippen LogP contribution >= 0.6 is 23.2 Å². The number of benzene rings is 1. The maximum atomic E-state index is 12.4. The molecule has 9 heteroatoms. The molecule has 144 valence electrons. The average molecular weight is 411 g/mol. The fourth-order valence-corrected chi connectivity index (χ4v) is 3.63. The van der Waals surface area contributed by atoms with Gasteiger partial charge < -0.3 is 10.0 Å². The third-order valence-corrected chi connectivity index (χ3v) is 5.35. The van der Waals surface area contributed by atoms with Gasteiger partial charge >= 0.3 is 5.97 Å². The first-order valence-corrected chi connectivity index (χ1v) is 9.39. The Labute approximate surface area is 167 Å². The molecule has 0 atom stereocenters. The van der Waals surface area contributed by atoms with E-state index in [-0.39, 0.29) is 24.6 Å². The number of halogens is 2. The van der Waals surface area contributed by atoms with Crippen molar-refractivity contribution in [3.05, 3.63) is 51.8 Å². The zero-order chi connectivity index (χ0) is 19.4. The Bertz CT molecular complexity index is 812. The van der Waals surface area contributed by atoms with Crippen LogP contribution in [0.15, 0.2) is 30.5 Å². The number of aromatic carboxylic acids is 1. The zero-order valence-electron chi connectivity index (χ0n) is 14.6. The number of hydrogen-bond acceptors (Lipinski definition) is 4. The van der Waals surface area contributed by atoms with Crippen LogP contribution in [0.4, 0.5) is 0 Å². The summed E-state index contributed by atoms with van der Waals surface area (Å²) in [7, 11) is 0. The quantitative estimate of drug-likeness (QED) is 0.791. The Hall–Kier alpha value is -2.09. The molecule has 2 heterocycles. The summed E-state index contributed by atoms with van der Waals surface area (Å²) in [5, 5.41) is 14.3. The number of carbonyl (C=O) groups is 2. The second kappa shape index (κ2) is 8.73. The van der Waals surface area contributed by atoms with E-state index >= 15 is 0 Å². The van der Waals surface area contributed by atoms with Crippen molar-refractivity contribution < 1.29 is 14.7 Å². The molecule has 1 amide bonds. The minimum Gasteiger partial charge on any atom is -0.477 e. The zero-order valence-corrected chi connectivity index (χ0v) is 16.2. The number of carboxylic acid groups (broad SMARTS) is 1. The summed E-state index contributed by atoms with van der Waals surface area (Å²) in [5.74, 6) is -1.05. The first-order chi connectivity index (χ1) is 13.0. The van der Waals surface area contributed by atoms with E-state index in [9.17, 15) is 9.59 Å². The molecule has 3 rings (SSSR count). The molecule has 0 bridgehead atoms. The molecule has 1 fully saturated rings. The van der Waals surface area contributed by atoms with Crippen LogP contribution in [-0.2, 0) is 17.9 Å². The Morgan fingerprint density at radius 1 is 1.07 bits per heavy atom. The molecule has 1 saturated heterocycles. The molecule has 2 aromatic rings. The van der Waals surface area contributed by atoms with Gasteiger partial charge in [-0.1, -0.05) is 29.3 Å². The van der Waals surface area contributed by atoms with E-state index in [4.69, 9.17) is 28.3 Å². The van der Waals surface area contributed by atoms with E-state index in [1.54, 1.807) is 4.90 Å². The smallest absolute Gasteiger partial charge is 0.354 e. The molecule has 1 aliphatic heterocycles. The monoisotopic (exact) mass is 410 g/mol. The highest BCUT2D eigenvalue weighted by Crippen LogP contribution is 2.26. The van der Waals surface area contributed by atoms with Gasteiger partial charge in [0.05, 0.1) is 6.54 Å². The van der Waals surface area contributed by atoms with Gasteiger partial charge in [0, 0.05) is 61.0 Å². The molecule has 0 saturated carbocycles. The van der Waals surface area contributed by atoms with Crippen LogP contribution in [0.2, 0.25) is 10.0 Å². The van der Waals surface area contributed by atoms with E-state index in [1.165, 1.54) is 16.9 Å². The van der Waals surface area contributed by atoms with Crippen LogP contribution in [0.1, 0.15) is 22.5 Å². The molecule has 1 aromatic carbocycles. The SMILES string of the molecule is O=C(O)c1ccnn1CCC(=O)N1CCN(Cc2c(Cl)cccc2Cl)CC1. The molecular weight excluding hydrogens is 391 g/mol. The highest BCUT2D eigenvalue weighted by atomic mass is 35.5. The summed E-state index contributed by atoms with van der Waals surface area (Å²) in [6.07, 6.45) is 1.64. The van der Waals surface area contributed by atoms with Gasteiger partial charge in [-0.2, -0.15) is 5.10 Å². The lowest BCUT2D eigenvalue weighted by molar-refractivity contribution is -0.133. The number of carboxylic acids is 1. The van der Waals surface area contributed by atoms with Crippen LogP contribution in [0.5, 0.6) is 0 Å². The molecule has 27 heavy (non-hydrogen) atoms. The van der Waals surface area contributed by atoms with E-state index in [0.717, 1.165) is 18.7 Å². The number of hydrogen-bond donors (Lipinski definition) is 1. The minimum atomic E-state index is -1.05. The molecule has 0 aliphatic carbocycles. The third-order valence-electron chi connectivity index (χ3n) is 4.64. The lowest BCUT2D eigenvalue weighted by Crippen LogP contribution is -2.48. The van der Waals surface area contributed by atoms with E-state index < -0.39 is 5.97 Å². The fraction of sp³-hybridized carbons (Fsp3) is 0.389. The molecular formula is C18H20Cl2N4O3. The van der Waals surface area contributed by atoms with Gasteiger partial charge in [0.15, 0.2) is 0 Å². The van der Waals surface area contributed by atoms with Gasteiger partial charge in [0.25, 0.3) is 0 Å². The molecule has 0 unspecified atom stereocenters. The minimum absolute atomic E-state index is 0.00253. The van der Waals surface area contributed by atoms with Crippen molar-refractivity contribution in [2.24, 2.45) is 0 Å². The molecule has 1 N–H and O–H groups in total. The van der Waals surface area contributed by atoms with Crippen LogP contribution in [0.3, 0.4) is 0 Å². The largest absolute Gasteiger partial charge is 0.477 e. The lowest BCUT2D eigenvalue weighted by Gasteiger charge is -2.35. The van der Waals surface area contributed by atoms with Crippen LogP contribution in [0, 0.1) is 0 Å². The van der Waals surface area contributed by atoms with Gasteiger partial charge in [-0.25, -0.2) is 4.79 Å². The summed E-state index contributed by atoms with van der Waals surface area (Å²) >= 11 is 12.5. The number of nitrogens with zero attached hydrogens (tertiary/aromatic N) is 4. The van der Waals surface area contributed by atoms with Crippen LogP contribution in [-0.4, -0.2) is 62.7 Å². The summed E-state index contributed by atoms with van der Waals surface area (Å²) in [4.78, 5) is 27.5. The molecule has 1 aromatic heterocycles. The predicted molar refractivity (Wildman–Crippen MR) is 102 cm³/mol. The van der Waals surface area contributed by atoms with Crippen molar-refractivity contribution in [2.45, 2.75) is 19.5 Å². The number of piperazine rings is 1. The van der Waals surface area contributed by atoms with Crippen molar-refractivity contribution in [1.82, 2.24) is 19.6 Å². The van der Waals surface area contributed by atoms with Crippen molar-refractivity contribution in [3.63, 3.8) is 0 Å². The van der Waals surface area contributed by atoms with Gasteiger partial charge in [-0.3, -0.25) is 14.4 Å². The molecule has 1 aliphatic rings. The Morgan fingerprint density at radius 3 is 2.37 bits per heavy atom. The maximum absolute atomic E-state index is 12.4. The lowest BCUT2D eigenvalue weighted by atomic mass is 10.2. The molecule has 0 spiro atoms. The molecule has 7 nitrogen and oxygen atoms in total. The van der Waals surface area contributed by atoms with Crippen molar-refractivity contribution in [2.75, 3.05) is 26.2 Å². The Morgan fingerprint density at radius 2 is 1.74 bits per heavy atom. The highest BCUT2D eigenvalue weighted by Gasteiger charge is 2.22. The average Bonchev–Trinajstić information content (AvgIpc) is 3.12. The van der Waals surface area contributed by atoms with E-state index in [2.05, 4.69) is 10.00 Å². The van der Waals surface area contributed by atoms with Crippen molar-refractivity contribution >= 4 is 35.1 Å². The predicted octanol–water partition coefficient (Wildman–Crippen LogP) is 2.62. The standard InChI is InChI=1S/C18H20Cl2N4O3/c19-14-2-1-3-15(20)13(14)12-22-8-10-23(11-9-22)17(25)5-7-24-16(18(26)27)4-6-21-24/h1-4,6H,5,7-12H2,(H,26,27). The number of aryl methyl sites for hydroxylation is 1. The normalized spacial score (nSPS) is 15.1. The second-order valence-electron chi connectivity index (χ2n) is 6.35. The number of amides is 1. The van der Waals surface area contributed by atoms with Gasteiger partial charge in [-0.15, -0.1) is 0 Å². The fourth-order valence-electron chi connectivity index (χ4n) is 3.11. The Kier molecular flexibility index (Phi) is 6.36. The van der Waals surface area contributed by atoms with Gasteiger partial charge in [0.2, 0.25) is 5.91 Å². The Balaban J connectivity index is 1.49. The topological polar surface area (TPSA) is 78.7 Å². The summed E-state index contributed by atoms with van der Waals surface area (Å²) < 4.78 is 1.34. The van der Waals surface area contributed by atoms with E-state index in [0.29, 0.717) is 29.7 Å². The number of rotatable bonds is 6. The number of aromatic nitrogens is 2.